The van der Waals surface area contributed by atoms with Gasteiger partial charge in [-0.25, -0.2) is 4.39 Å². The number of aliphatic hydroxyl groups is 1. The minimum atomic E-state index is -1.49. The second-order valence-electron chi connectivity index (χ2n) is 4.56. The predicted molar refractivity (Wildman–Crippen MR) is 64.2 cm³/mol. The molecule has 1 atom stereocenters. The summed E-state index contributed by atoms with van der Waals surface area (Å²) in [4.78, 5) is 22.8. The van der Waals surface area contributed by atoms with Gasteiger partial charge in [0.15, 0.2) is 0 Å². The molecule has 1 heterocycles. The van der Waals surface area contributed by atoms with Crippen molar-refractivity contribution in [3.8, 4) is 0 Å². The molecular weight excluding hydrogens is 274 g/mol. The number of hydrogen-bond acceptors (Lipinski definition) is 4. The monoisotopic (exact) mass is 286 g/mol. The summed E-state index contributed by atoms with van der Waals surface area (Å²) in [5.74, 6) is -3.62. The molecule has 1 aromatic carbocycles. The Balaban J connectivity index is 2.38. The average Bonchev–Trinajstić information content (AvgIpc) is 2.38. The van der Waals surface area contributed by atoms with Crippen LogP contribution < -0.4 is 0 Å². The topological polar surface area (TPSA) is 83.7 Å². The Morgan fingerprint density at radius 3 is 2.75 bits per heavy atom. The smallest absolute Gasteiger partial charge is 0.305 e. The van der Waals surface area contributed by atoms with E-state index in [1.54, 1.807) is 0 Å². The fraction of sp³-hybridized carbons (Fsp3) is 0.417. The first-order chi connectivity index (χ1) is 9.41. The lowest BCUT2D eigenvalue weighted by Gasteiger charge is -2.30. The van der Waals surface area contributed by atoms with Gasteiger partial charge < -0.3 is 10.0 Å². The molecule has 1 saturated heterocycles. The second-order valence-corrected chi connectivity index (χ2v) is 4.56. The van der Waals surface area contributed by atoms with Crippen LogP contribution in [0.5, 0.6) is 0 Å². The standard InChI is InChI=1S/C12H12F2N2O4/c13-8-3-4-9(16(19)20)11(14)10(8)12(18)15-5-1-2-7(17)6-15/h3-4,7,17H,1-2,5-6H2/t7-/m0/s1. The highest BCUT2D eigenvalue weighted by Crippen LogP contribution is 2.25. The van der Waals surface area contributed by atoms with Gasteiger partial charge in [0.1, 0.15) is 11.4 Å². The Kier molecular flexibility index (Phi) is 3.93. The number of likely N-dealkylation sites (tertiary alicyclic amines) is 1. The number of nitro benzene ring substituents is 1. The number of aliphatic hydroxyl groups excluding tert-OH is 1. The number of nitrogens with zero attached hydrogens (tertiary/aromatic N) is 2. The zero-order chi connectivity index (χ0) is 14.9. The van der Waals surface area contributed by atoms with Gasteiger partial charge in [-0.1, -0.05) is 0 Å². The highest BCUT2D eigenvalue weighted by atomic mass is 19.1. The van der Waals surface area contributed by atoms with Crippen molar-refractivity contribution in [3.63, 3.8) is 0 Å². The zero-order valence-corrected chi connectivity index (χ0v) is 10.4. The number of carbonyl (C=O) groups excluding carboxylic acids is 1. The maximum Gasteiger partial charge on any atom is 0.305 e. The van der Waals surface area contributed by atoms with Gasteiger partial charge in [-0.05, 0) is 18.9 Å². The summed E-state index contributed by atoms with van der Waals surface area (Å²) >= 11 is 0. The van der Waals surface area contributed by atoms with Crippen LogP contribution in [0.4, 0.5) is 14.5 Å². The lowest BCUT2D eigenvalue weighted by Crippen LogP contribution is -2.42. The van der Waals surface area contributed by atoms with E-state index in [1.165, 1.54) is 0 Å². The number of nitro groups is 1. The molecule has 0 bridgehead atoms. The third-order valence-corrected chi connectivity index (χ3v) is 3.17. The summed E-state index contributed by atoms with van der Waals surface area (Å²) in [5, 5.41) is 20.1. The number of carbonyl (C=O) groups is 1. The summed E-state index contributed by atoms with van der Waals surface area (Å²) in [6, 6.07) is 1.36. The Bertz CT molecular complexity index is 565. The van der Waals surface area contributed by atoms with Crippen LogP contribution in [0.25, 0.3) is 0 Å². The van der Waals surface area contributed by atoms with Crippen LogP contribution in [-0.4, -0.2) is 40.0 Å². The molecule has 0 aromatic heterocycles. The maximum absolute atomic E-state index is 13.9. The van der Waals surface area contributed by atoms with Gasteiger partial charge in [0, 0.05) is 19.2 Å². The maximum atomic E-state index is 13.9. The number of β-amino-alcohol motifs (C(OH)–C–C–N with tert-alkyl or cyclic N) is 1. The van der Waals surface area contributed by atoms with Crippen molar-refractivity contribution >= 4 is 11.6 Å². The molecule has 0 spiro atoms. The predicted octanol–water partition coefficient (Wildman–Crippen LogP) is 1.47. The fourth-order valence-electron chi connectivity index (χ4n) is 2.18. The van der Waals surface area contributed by atoms with E-state index >= 15 is 0 Å². The number of benzene rings is 1. The van der Waals surface area contributed by atoms with Crippen molar-refractivity contribution in [3.05, 3.63) is 39.4 Å². The number of piperidine rings is 1. The number of hydrogen-bond donors (Lipinski definition) is 1. The largest absolute Gasteiger partial charge is 0.391 e. The van der Waals surface area contributed by atoms with Crippen LogP contribution in [0.2, 0.25) is 0 Å². The second kappa shape index (κ2) is 5.49. The summed E-state index contributed by atoms with van der Waals surface area (Å²) in [6.07, 6.45) is 0.256. The number of halogens is 2. The van der Waals surface area contributed by atoms with Gasteiger partial charge in [0.2, 0.25) is 5.82 Å². The number of amides is 1. The van der Waals surface area contributed by atoms with Crippen LogP contribution in [0.15, 0.2) is 12.1 Å². The number of rotatable bonds is 2. The molecule has 1 aliphatic heterocycles. The summed E-state index contributed by atoms with van der Waals surface area (Å²) in [5.41, 5.74) is -1.90. The van der Waals surface area contributed by atoms with E-state index in [1.807, 2.05) is 0 Å². The van der Waals surface area contributed by atoms with Crippen molar-refractivity contribution in [2.75, 3.05) is 13.1 Å². The van der Waals surface area contributed by atoms with Gasteiger partial charge in [0.25, 0.3) is 5.91 Å². The first-order valence-corrected chi connectivity index (χ1v) is 6.01. The van der Waals surface area contributed by atoms with E-state index in [-0.39, 0.29) is 13.1 Å². The normalized spacial score (nSPS) is 18.9. The SMILES string of the molecule is O=C(c1c(F)ccc([N+](=O)[O-])c1F)N1CCC[C@H](O)C1. The van der Waals surface area contributed by atoms with Gasteiger partial charge in [-0.15, -0.1) is 0 Å². The highest BCUT2D eigenvalue weighted by molar-refractivity contribution is 5.95. The van der Waals surface area contributed by atoms with E-state index in [9.17, 15) is 28.8 Å². The molecule has 8 heteroatoms. The molecule has 0 aliphatic carbocycles. The minimum Gasteiger partial charge on any atom is -0.391 e. The lowest BCUT2D eigenvalue weighted by atomic mass is 10.1. The molecule has 0 unspecified atom stereocenters. The molecule has 1 fully saturated rings. The van der Waals surface area contributed by atoms with Crippen molar-refractivity contribution in [1.29, 1.82) is 0 Å². The van der Waals surface area contributed by atoms with Gasteiger partial charge in [-0.3, -0.25) is 14.9 Å². The molecular formula is C12H12F2N2O4. The van der Waals surface area contributed by atoms with Crippen molar-refractivity contribution in [2.45, 2.75) is 18.9 Å². The highest BCUT2D eigenvalue weighted by Gasteiger charge is 2.31. The van der Waals surface area contributed by atoms with Crippen molar-refractivity contribution in [1.82, 2.24) is 4.90 Å². The Morgan fingerprint density at radius 1 is 1.45 bits per heavy atom. The van der Waals surface area contributed by atoms with Crippen LogP contribution in [0.3, 0.4) is 0 Å². The first kappa shape index (κ1) is 14.3. The molecule has 6 nitrogen and oxygen atoms in total. The van der Waals surface area contributed by atoms with E-state index in [0.29, 0.717) is 25.0 Å². The van der Waals surface area contributed by atoms with E-state index < -0.39 is 39.8 Å². The molecule has 0 saturated carbocycles. The molecule has 20 heavy (non-hydrogen) atoms. The molecule has 1 N–H and O–H groups in total. The molecule has 0 radical (unpaired) electrons. The van der Waals surface area contributed by atoms with Crippen LogP contribution in [0.1, 0.15) is 23.2 Å². The average molecular weight is 286 g/mol. The van der Waals surface area contributed by atoms with Crippen LogP contribution in [-0.2, 0) is 0 Å². The van der Waals surface area contributed by atoms with Gasteiger partial charge in [0.05, 0.1) is 11.0 Å². The summed E-state index contributed by atoms with van der Waals surface area (Å²) < 4.78 is 27.5. The van der Waals surface area contributed by atoms with E-state index in [0.717, 1.165) is 4.90 Å². The Hall–Kier alpha value is -2.09. The minimum absolute atomic E-state index is 0.0413. The Morgan fingerprint density at radius 2 is 2.15 bits per heavy atom. The van der Waals surface area contributed by atoms with Gasteiger partial charge >= 0.3 is 5.69 Å². The van der Waals surface area contributed by atoms with Crippen molar-refractivity contribution < 1.29 is 23.6 Å². The third-order valence-electron chi connectivity index (χ3n) is 3.17. The van der Waals surface area contributed by atoms with Gasteiger partial charge in [-0.2, -0.15) is 4.39 Å². The summed E-state index contributed by atoms with van der Waals surface area (Å²) in [7, 11) is 0. The summed E-state index contributed by atoms with van der Waals surface area (Å²) in [6.45, 7) is 0.206. The molecule has 1 aliphatic rings. The van der Waals surface area contributed by atoms with E-state index in [2.05, 4.69) is 0 Å². The third kappa shape index (κ3) is 2.60. The quantitative estimate of drug-likeness (QED) is 0.659. The fourth-order valence-corrected chi connectivity index (χ4v) is 2.18. The molecule has 1 amide bonds. The zero-order valence-electron chi connectivity index (χ0n) is 10.4. The van der Waals surface area contributed by atoms with Crippen LogP contribution in [0, 0.1) is 21.7 Å². The van der Waals surface area contributed by atoms with Crippen molar-refractivity contribution in [2.24, 2.45) is 0 Å². The first-order valence-electron chi connectivity index (χ1n) is 6.01. The molecule has 108 valence electrons. The lowest BCUT2D eigenvalue weighted by molar-refractivity contribution is -0.387. The molecule has 2 rings (SSSR count). The van der Waals surface area contributed by atoms with E-state index in [4.69, 9.17) is 0 Å². The molecule has 1 aromatic rings. The Labute approximate surface area is 112 Å². The van der Waals surface area contributed by atoms with Crippen LogP contribution >= 0.6 is 0 Å².